The highest BCUT2D eigenvalue weighted by molar-refractivity contribution is 6.00. The molecule has 0 spiro atoms. The molecule has 0 aromatic heterocycles. The van der Waals surface area contributed by atoms with Gasteiger partial charge in [-0.05, 0) is 18.6 Å². The van der Waals surface area contributed by atoms with E-state index >= 15 is 0 Å². The van der Waals surface area contributed by atoms with Crippen molar-refractivity contribution in [2.75, 3.05) is 27.3 Å². The smallest absolute Gasteiger partial charge is 0.246 e. The maximum atomic E-state index is 11.9. The molecule has 6 heteroatoms. The lowest BCUT2D eigenvalue weighted by molar-refractivity contribution is -0.148. The van der Waals surface area contributed by atoms with Gasteiger partial charge in [0.15, 0.2) is 11.5 Å². The summed E-state index contributed by atoms with van der Waals surface area (Å²) in [6.45, 7) is 0.943. The average molecular weight is 292 g/mol. The Morgan fingerprint density at radius 3 is 2.71 bits per heavy atom. The second-order valence-corrected chi connectivity index (χ2v) is 4.84. The molecule has 114 valence electrons. The topological polar surface area (TPSA) is 67.9 Å². The van der Waals surface area contributed by atoms with E-state index in [1.807, 2.05) is 24.3 Å². The van der Waals surface area contributed by atoms with E-state index in [9.17, 15) is 9.59 Å². The van der Waals surface area contributed by atoms with Gasteiger partial charge in [-0.15, -0.1) is 0 Å². The van der Waals surface area contributed by atoms with Crippen molar-refractivity contribution in [1.82, 2.24) is 10.2 Å². The van der Waals surface area contributed by atoms with E-state index in [0.29, 0.717) is 37.5 Å². The SMILES string of the molecule is COc1ccccc1OCCNC1CCC(=O)N(C)C1=O. The monoisotopic (exact) mass is 292 g/mol. The minimum absolute atomic E-state index is 0.122. The molecule has 1 heterocycles. The number of imide groups is 1. The molecule has 1 aliphatic heterocycles. The number of nitrogens with one attached hydrogen (secondary N) is 1. The number of carbonyl (C=O) groups is 2. The molecule has 1 atom stereocenters. The van der Waals surface area contributed by atoms with Crippen molar-refractivity contribution in [3.8, 4) is 11.5 Å². The minimum Gasteiger partial charge on any atom is -0.493 e. The molecule has 1 aliphatic rings. The molecule has 0 bridgehead atoms. The molecule has 1 fully saturated rings. The minimum atomic E-state index is -0.311. The molecule has 0 aliphatic carbocycles. The second-order valence-electron chi connectivity index (χ2n) is 4.84. The number of para-hydroxylation sites is 2. The third-order valence-electron chi connectivity index (χ3n) is 3.47. The van der Waals surface area contributed by atoms with Gasteiger partial charge in [0.2, 0.25) is 11.8 Å². The van der Waals surface area contributed by atoms with Gasteiger partial charge in [0.05, 0.1) is 13.2 Å². The Balaban J connectivity index is 1.77. The summed E-state index contributed by atoms with van der Waals surface area (Å²) in [5, 5.41) is 3.12. The predicted molar refractivity (Wildman–Crippen MR) is 77.3 cm³/mol. The lowest BCUT2D eigenvalue weighted by Gasteiger charge is -2.28. The quantitative estimate of drug-likeness (QED) is 0.621. The van der Waals surface area contributed by atoms with Crippen molar-refractivity contribution in [3.05, 3.63) is 24.3 Å². The fourth-order valence-electron chi connectivity index (χ4n) is 2.24. The molecule has 0 saturated carbocycles. The Labute approximate surface area is 124 Å². The molecular formula is C15H20N2O4. The normalized spacial score (nSPS) is 18.8. The molecule has 6 nitrogen and oxygen atoms in total. The number of rotatable bonds is 6. The predicted octanol–water partition coefficient (Wildman–Crippen LogP) is 0.811. The Kier molecular flexibility index (Phi) is 5.16. The fourth-order valence-corrected chi connectivity index (χ4v) is 2.24. The summed E-state index contributed by atoms with van der Waals surface area (Å²) in [5.74, 6) is 1.05. The molecule has 1 unspecified atom stereocenters. The van der Waals surface area contributed by atoms with Crippen LogP contribution in [0.2, 0.25) is 0 Å². The lowest BCUT2D eigenvalue weighted by Crippen LogP contribution is -2.52. The molecule has 21 heavy (non-hydrogen) atoms. The number of hydrogen-bond donors (Lipinski definition) is 1. The zero-order valence-corrected chi connectivity index (χ0v) is 12.3. The zero-order valence-electron chi connectivity index (χ0n) is 12.3. The van der Waals surface area contributed by atoms with E-state index in [1.165, 1.54) is 11.9 Å². The summed E-state index contributed by atoms with van der Waals surface area (Å²) >= 11 is 0. The van der Waals surface area contributed by atoms with Crippen LogP contribution < -0.4 is 14.8 Å². The number of ether oxygens (including phenoxy) is 2. The van der Waals surface area contributed by atoms with Crippen LogP contribution in [-0.2, 0) is 9.59 Å². The van der Waals surface area contributed by atoms with Crippen LogP contribution in [0.1, 0.15) is 12.8 Å². The summed E-state index contributed by atoms with van der Waals surface area (Å²) in [5.41, 5.74) is 0. The van der Waals surface area contributed by atoms with Gasteiger partial charge in [-0.3, -0.25) is 14.5 Å². The van der Waals surface area contributed by atoms with Crippen LogP contribution in [0, 0.1) is 0 Å². The number of hydrogen-bond acceptors (Lipinski definition) is 5. The zero-order chi connectivity index (χ0) is 15.2. The van der Waals surface area contributed by atoms with Crippen molar-refractivity contribution in [2.24, 2.45) is 0 Å². The van der Waals surface area contributed by atoms with E-state index in [2.05, 4.69) is 5.32 Å². The molecule has 0 radical (unpaired) electrons. The van der Waals surface area contributed by atoms with Gasteiger partial charge in [0, 0.05) is 20.0 Å². The number of carbonyl (C=O) groups excluding carboxylic acids is 2. The van der Waals surface area contributed by atoms with Crippen molar-refractivity contribution < 1.29 is 19.1 Å². The highest BCUT2D eigenvalue weighted by atomic mass is 16.5. The van der Waals surface area contributed by atoms with Gasteiger partial charge in [0.1, 0.15) is 6.61 Å². The van der Waals surface area contributed by atoms with Crippen LogP contribution in [0.5, 0.6) is 11.5 Å². The van der Waals surface area contributed by atoms with Crippen molar-refractivity contribution >= 4 is 11.8 Å². The number of nitrogens with zero attached hydrogens (tertiary/aromatic N) is 1. The van der Waals surface area contributed by atoms with Gasteiger partial charge >= 0.3 is 0 Å². The lowest BCUT2D eigenvalue weighted by atomic mass is 10.0. The summed E-state index contributed by atoms with van der Waals surface area (Å²) in [6.07, 6.45) is 0.934. The number of likely N-dealkylation sites (N-methyl/N-ethyl adjacent to an activating group) is 1. The molecule has 2 amide bonds. The summed E-state index contributed by atoms with van der Waals surface area (Å²) in [7, 11) is 3.11. The number of methoxy groups -OCH3 is 1. The van der Waals surface area contributed by atoms with Gasteiger partial charge in [0.25, 0.3) is 0 Å². The number of likely N-dealkylation sites (tertiary alicyclic amines) is 1. The van der Waals surface area contributed by atoms with Gasteiger partial charge in [-0.1, -0.05) is 12.1 Å². The highest BCUT2D eigenvalue weighted by Crippen LogP contribution is 2.25. The van der Waals surface area contributed by atoms with Gasteiger partial charge < -0.3 is 14.8 Å². The maximum Gasteiger partial charge on any atom is 0.246 e. The first-order chi connectivity index (χ1) is 10.1. The molecule has 1 N–H and O–H groups in total. The Morgan fingerprint density at radius 1 is 1.29 bits per heavy atom. The molecular weight excluding hydrogens is 272 g/mol. The molecule has 1 aromatic rings. The number of piperidine rings is 1. The van der Waals surface area contributed by atoms with Crippen molar-refractivity contribution in [1.29, 1.82) is 0 Å². The van der Waals surface area contributed by atoms with Crippen LogP contribution in [-0.4, -0.2) is 50.1 Å². The van der Waals surface area contributed by atoms with Gasteiger partial charge in [-0.2, -0.15) is 0 Å². The van der Waals surface area contributed by atoms with E-state index in [1.54, 1.807) is 7.11 Å². The van der Waals surface area contributed by atoms with Crippen molar-refractivity contribution in [3.63, 3.8) is 0 Å². The van der Waals surface area contributed by atoms with Crippen LogP contribution in [0.3, 0.4) is 0 Å². The first-order valence-electron chi connectivity index (χ1n) is 6.93. The van der Waals surface area contributed by atoms with Crippen LogP contribution >= 0.6 is 0 Å². The van der Waals surface area contributed by atoms with Crippen LogP contribution in [0.25, 0.3) is 0 Å². The maximum absolute atomic E-state index is 11.9. The van der Waals surface area contributed by atoms with E-state index < -0.39 is 0 Å². The summed E-state index contributed by atoms with van der Waals surface area (Å²) < 4.78 is 10.8. The van der Waals surface area contributed by atoms with Crippen LogP contribution in [0.4, 0.5) is 0 Å². The Morgan fingerprint density at radius 2 is 2.00 bits per heavy atom. The number of benzene rings is 1. The fraction of sp³-hybridized carbons (Fsp3) is 0.467. The molecule has 2 rings (SSSR count). The Hall–Kier alpha value is -2.08. The van der Waals surface area contributed by atoms with Gasteiger partial charge in [-0.25, -0.2) is 0 Å². The van der Waals surface area contributed by atoms with E-state index in [4.69, 9.17) is 9.47 Å². The third kappa shape index (κ3) is 3.72. The Bertz CT molecular complexity index is 518. The molecule has 1 saturated heterocycles. The number of amides is 2. The summed E-state index contributed by atoms with van der Waals surface area (Å²) in [4.78, 5) is 24.4. The third-order valence-corrected chi connectivity index (χ3v) is 3.47. The highest BCUT2D eigenvalue weighted by Gasteiger charge is 2.31. The van der Waals surface area contributed by atoms with E-state index in [0.717, 1.165) is 0 Å². The van der Waals surface area contributed by atoms with Crippen LogP contribution in [0.15, 0.2) is 24.3 Å². The standard InChI is InChI=1S/C15H20N2O4/c1-17-14(18)8-7-11(15(17)19)16-9-10-21-13-6-4-3-5-12(13)20-2/h3-6,11,16H,7-10H2,1-2H3. The van der Waals surface area contributed by atoms with E-state index in [-0.39, 0.29) is 17.9 Å². The largest absolute Gasteiger partial charge is 0.493 e. The first-order valence-corrected chi connectivity index (χ1v) is 6.93. The molecule has 1 aromatic carbocycles. The van der Waals surface area contributed by atoms with Crippen molar-refractivity contribution in [2.45, 2.75) is 18.9 Å². The first kappa shape index (κ1) is 15.3. The average Bonchev–Trinajstić information content (AvgIpc) is 2.51. The summed E-state index contributed by atoms with van der Waals surface area (Å²) in [6, 6.07) is 7.09. The second kappa shape index (κ2) is 7.08.